The van der Waals surface area contributed by atoms with Gasteiger partial charge in [-0.1, -0.05) is 0 Å². The molecule has 0 saturated heterocycles. The van der Waals surface area contributed by atoms with Gasteiger partial charge in [0.15, 0.2) is 0 Å². The summed E-state index contributed by atoms with van der Waals surface area (Å²) in [6.45, 7) is 5.48. The molecule has 0 bridgehead atoms. The number of carbonyl (C=O) groups excluding carboxylic acids is 1. The molecule has 0 spiro atoms. The van der Waals surface area contributed by atoms with Crippen LogP contribution in [0.5, 0.6) is 0 Å². The van der Waals surface area contributed by atoms with Crippen molar-refractivity contribution >= 4 is 5.91 Å². The summed E-state index contributed by atoms with van der Waals surface area (Å²) >= 11 is 0. The maximum absolute atomic E-state index is 11.9. The second-order valence-corrected chi connectivity index (χ2v) is 3.04. The van der Waals surface area contributed by atoms with Gasteiger partial charge in [-0.3, -0.25) is 4.79 Å². The smallest absolute Gasteiger partial charge is 0.272 e. The van der Waals surface area contributed by atoms with Crippen LogP contribution in [0.1, 0.15) is 30.2 Å². The quantitative estimate of drug-likeness (QED) is 0.778. The third-order valence-electron chi connectivity index (χ3n) is 2.16. The Hall–Kier alpha value is -1.49. The van der Waals surface area contributed by atoms with Crippen LogP contribution < -0.4 is 5.73 Å². The molecule has 0 atom stereocenters. The fraction of sp³-hybridized carbons (Fsp3) is 0.500. The number of rotatable bonds is 4. The third-order valence-corrected chi connectivity index (χ3v) is 2.16. The van der Waals surface area contributed by atoms with E-state index in [0.717, 1.165) is 0 Å². The highest BCUT2D eigenvalue weighted by Crippen LogP contribution is 2.01. The van der Waals surface area contributed by atoms with Crippen LogP contribution in [-0.4, -0.2) is 33.9 Å². The van der Waals surface area contributed by atoms with Crippen LogP contribution in [0.25, 0.3) is 0 Å². The molecule has 1 amide bonds. The highest BCUT2D eigenvalue weighted by molar-refractivity contribution is 5.92. The molecule has 5 heteroatoms. The molecule has 1 aromatic rings. The van der Waals surface area contributed by atoms with E-state index in [1.807, 2.05) is 13.8 Å². The van der Waals surface area contributed by atoms with Crippen molar-refractivity contribution in [3.05, 3.63) is 23.8 Å². The zero-order chi connectivity index (χ0) is 11.3. The van der Waals surface area contributed by atoms with Gasteiger partial charge in [-0.25, -0.2) is 9.97 Å². The van der Waals surface area contributed by atoms with Gasteiger partial charge in [-0.15, -0.1) is 0 Å². The molecule has 1 heterocycles. The molecule has 0 aliphatic carbocycles. The number of aromatic nitrogens is 2. The van der Waals surface area contributed by atoms with Crippen molar-refractivity contribution in [3.63, 3.8) is 0 Å². The van der Waals surface area contributed by atoms with Crippen molar-refractivity contribution in [2.24, 2.45) is 5.73 Å². The zero-order valence-electron chi connectivity index (χ0n) is 9.10. The maximum Gasteiger partial charge on any atom is 0.272 e. The Labute approximate surface area is 89.3 Å². The predicted octanol–water partition coefficient (Wildman–Crippen LogP) is 0.417. The number of amides is 1. The summed E-state index contributed by atoms with van der Waals surface area (Å²) < 4.78 is 0. The van der Waals surface area contributed by atoms with E-state index in [2.05, 4.69) is 9.97 Å². The molecular weight excluding hydrogens is 192 g/mol. The van der Waals surface area contributed by atoms with Gasteiger partial charge in [-0.2, -0.15) is 0 Å². The lowest BCUT2D eigenvalue weighted by atomic mass is 10.3. The summed E-state index contributed by atoms with van der Waals surface area (Å²) in [4.78, 5) is 21.6. The minimum atomic E-state index is -0.0721. The first-order valence-electron chi connectivity index (χ1n) is 5.04. The molecule has 0 saturated carbocycles. The van der Waals surface area contributed by atoms with Crippen molar-refractivity contribution in [2.45, 2.75) is 20.4 Å². The molecule has 0 aliphatic rings. The van der Waals surface area contributed by atoms with Crippen molar-refractivity contribution in [2.75, 3.05) is 13.1 Å². The van der Waals surface area contributed by atoms with E-state index < -0.39 is 0 Å². The first-order chi connectivity index (χ1) is 7.22. The predicted molar refractivity (Wildman–Crippen MR) is 57.2 cm³/mol. The standard InChI is InChI=1S/C10H16N4O/c1-3-14(4-2)10(15)8-5-6-12-9(7-11)13-8/h5-6H,3-4,7,11H2,1-2H3. The second-order valence-electron chi connectivity index (χ2n) is 3.04. The molecule has 0 aliphatic heterocycles. The molecular formula is C10H16N4O. The van der Waals surface area contributed by atoms with Crippen LogP contribution in [0.2, 0.25) is 0 Å². The molecule has 1 rings (SSSR count). The monoisotopic (exact) mass is 208 g/mol. The second kappa shape index (κ2) is 5.41. The van der Waals surface area contributed by atoms with Gasteiger partial charge >= 0.3 is 0 Å². The number of carbonyl (C=O) groups is 1. The fourth-order valence-electron chi connectivity index (χ4n) is 1.29. The van der Waals surface area contributed by atoms with Gasteiger partial charge in [0.05, 0.1) is 6.54 Å². The Bertz CT molecular complexity index is 336. The van der Waals surface area contributed by atoms with Crippen molar-refractivity contribution < 1.29 is 4.79 Å². The van der Waals surface area contributed by atoms with Crippen molar-refractivity contribution in [1.82, 2.24) is 14.9 Å². The first-order valence-corrected chi connectivity index (χ1v) is 5.04. The summed E-state index contributed by atoms with van der Waals surface area (Å²) in [7, 11) is 0. The third kappa shape index (κ3) is 2.73. The normalized spacial score (nSPS) is 10.1. The first kappa shape index (κ1) is 11.6. The van der Waals surface area contributed by atoms with Gasteiger partial charge in [0.1, 0.15) is 11.5 Å². The maximum atomic E-state index is 11.9. The average molecular weight is 208 g/mol. The Balaban J connectivity index is 2.90. The summed E-state index contributed by atoms with van der Waals surface area (Å²) in [5.41, 5.74) is 5.82. The zero-order valence-corrected chi connectivity index (χ0v) is 9.10. The van der Waals surface area contributed by atoms with Gasteiger partial charge in [0, 0.05) is 19.3 Å². The molecule has 0 unspecified atom stereocenters. The lowest BCUT2D eigenvalue weighted by Gasteiger charge is -2.17. The Kier molecular flexibility index (Phi) is 4.17. The average Bonchev–Trinajstić information content (AvgIpc) is 2.30. The molecule has 0 fully saturated rings. The summed E-state index contributed by atoms with van der Waals surface area (Å²) in [5, 5.41) is 0. The van der Waals surface area contributed by atoms with Crippen LogP contribution >= 0.6 is 0 Å². The lowest BCUT2D eigenvalue weighted by Crippen LogP contribution is -2.31. The van der Waals surface area contributed by atoms with Crippen LogP contribution in [0.15, 0.2) is 12.3 Å². The molecule has 0 aromatic carbocycles. The number of nitrogens with zero attached hydrogens (tertiary/aromatic N) is 3. The number of hydrogen-bond acceptors (Lipinski definition) is 4. The Morgan fingerprint density at radius 3 is 2.67 bits per heavy atom. The lowest BCUT2D eigenvalue weighted by molar-refractivity contribution is 0.0766. The van der Waals surface area contributed by atoms with E-state index in [1.54, 1.807) is 17.2 Å². The van der Waals surface area contributed by atoms with Gasteiger partial charge in [0.2, 0.25) is 0 Å². The highest BCUT2D eigenvalue weighted by Gasteiger charge is 2.13. The van der Waals surface area contributed by atoms with E-state index >= 15 is 0 Å². The topological polar surface area (TPSA) is 72.1 Å². The SMILES string of the molecule is CCN(CC)C(=O)c1ccnc(CN)n1. The van der Waals surface area contributed by atoms with Crippen LogP contribution in [0.3, 0.4) is 0 Å². The van der Waals surface area contributed by atoms with Crippen molar-refractivity contribution in [3.8, 4) is 0 Å². The largest absolute Gasteiger partial charge is 0.338 e. The molecule has 5 nitrogen and oxygen atoms in total. The highest BCUT2D eigenvalue weighted by atomic mass is 16.2. The molecule has 82 valence electrons. The fourth-order valence-corrected chi connectivity index (χ4v) is 1.29. The van der Waals surface area contributed by atoms with Gasteiger partial charge in [-0.05, 0) is 19.9 Å². The van der Waals surface area contributed by atoms with Gasteiger partial charge < -0.3 is 10.6 Å². The van der Waals surface area contributed by atoms with E-state index in [0.29, 0.717) is 24.6 Å². The molecule has 2 N–H and O–H groups in total. The van der Waals surface area contributed by atoms with Gasteiger partial charge in [0.25, 0.3) is 5.91 Å². The van der Waals surface area contributed by atoms with Crippen LogP contribution in [0, 0.1) is 0 Å². The summed E-state index contributed by atoms with van der Waals surface area (Å²) in [5.74, 6) is 0.421. The molecule has 0 radical (unpaired) electrons. The molecule has 1 aromatic heterocycles. The van der Waals surface area contributed by atoms with Crippen molar-refractivity contribution in [1.29, 1.82) is 0 Å². The van der Waals surface area contributed by atoms with E-state index in [9.17, 15) is 4.79 Å². The summed E-state index contributed by atoms with van der Waals surface area (Å²) in [6, 6.07) is 1.61. The number of hydrogen-bond donors (Lipinski definition) is 1. The minimum Gasteiger partial charge on any atom is -0.338 e. The van der Waals surface area contributed by atoms with Crippen LogP contribution in [0.4, 0.5) is 0 Å². The minimum absolute atomic E-state index is 0.0721. The Morgan fingerprint density at radius 2 is 2.13 bits per heavy atom. The van der Waals surface area contributed by atoms with Crippen LogP contribution in [-0.2, 0) is 6.54 Å². The molecule has 15 heavy (non-hydrogen) atoms. The van der Waals surface area contributed by atoms with E-state index in [1.165, 1.54) is 0 Å². The van der Waals surface area contributed by atoms with E-state index in [4.69, 9.17) is 5.73 Å². The summed E-state index contributed by atoms with van der Waals surface area (Å²) in [6.07, 6.45) is 1.56. The van der Waals surface area contributed by atoms with E-state index in [-0.39, 0.29) is 12.5 Å². The number of nitrogens with two attached hydrogens (primary N) is 1. The Morgan fingerprint density at radius 1 is 1.47 bits per heavy atom.